The van der Waals surface area contributed by atoms with Crippen molar-refractivity contribution in [3.63, 3.8) is 0 Å². The average molecular weight is 362 g/mol. The summed E-state index contributed by atoms with van der Waals surface area (Å²) in [6.07, 6.45) is 0. The van der Waals surface area contributed by atoms with Gasteiger partial charge >= 0.3 is 0 Å². The summed E-state index contributed by atoms with van der Waals surface area (Å²) in [5.74, 6) is 0.701. The van der Waals surface area contributed by atoms with Crippen molar-refractivity contribution in [2.24, 2.45) is 0 Å². The van der Waals surface area contributed by atoms with E-state index in [2.05, 4.69) is 16.4 Å². The molecule has 0 atom stereocenters. The van der Waals surface area contributed by atoms with Gasteiger partial charge in [-0.3, -0.25) is 4.79 Å². The van der Waals surface area contributed by atoms with Gasteiger partial charge in [-0.1, -0.05) is 29.8 Å². The molecule has 26 heavy (non-hydrogen) atoms. The Bertz CT molecular complexity index is 1100. The lowest BCUT2D eigenvalue weighted by Gasteiger charge is -2.04. The molecule has 2 aromatic carbocycles. The number of methoxy groups -OCH3 is 1. The molecule has 4 aromatic rings. The molecule has 1 amide bonds. The minimum atomic E-state index is -0.0739. The summed E-state index contributed by atoms with van der Waals surface area (Å²) >= 11 is 1.41. The van der Waals surface area contributed by atoms with Gasteiger partial charge < -0.3 is 10.1 Å². The minimum Gasteiger partial charge on any atom is -0.497 e. The molecule has 2 heterocycles. The normalized spacial score (nSPS) is 11.0. The molecule has 0 saturated heterocycles. The molecule has 0 aliphatic carbocycles. The molecule has 4 nitrogen and oxygen atoms in total. The number of thiophene rings is 1. The molecule has 0 bridgehead atoms. The summed E-state index contributed by atoms with van der Waals surface area (Å²) in [5.41, 5.74) is 3.16. The molecule has 0 spiro atoms. The van der Waals surface area contributed by atoms with Crippen LogP contribution in [0.3, 0.4) is 0 Å². The van der Waals surface area contributed by atoms with Gasteiger partial charge in [-0.25, -0.2) is 4.98 Å². The highest BCUT2D eigenvalue weighted by molar-refractivity contribution is 7.20. The van der Waals surface area contributed by atoms with Crippen LogP contribution in [0.2, 0.25) is 0 Å². The second-order valence-electron chi connectivity index (χ2n) is 6.22. The maximum atomic E-state index is 12.5. The highest BCUT2D eigenvalue weighted by Gasteiger charge is 2.12. The Balaban J connectivity index is 1.58. The van der Waals surface area contributed by atoms with E-state index in [0.29, 0.717) is 11.4 Å². The number of pyridine rings is 1. The number of aromatic nitrogens is 1. The number of nitrogens with one attached hydrogen (secondary N) is 1. The first-order chi connectivity index (χ1) is 12.6. The molecule has 0 fully saturated rings. The molecule has 1 N–H and O–H groups in total. The molecular formula is C21H18N2O2S. The SMILES string of the molecule is COc1ccc2cc3cc(C(=O)NCc4ccc(C)cc4)sc3nc2c1. The maximum Gasteiger partial charge on any atom is 0.261 e. The van der Waals surface area contributed by atoms with E-state index in [-0.39, 0.29) is 5.91 Å². The number of nitrogens with zero attached hydrogens (tertiary/aromatic N) is 1. The fraction of sp³-hybridized carbons (Fsp3) is 0.143. The van der Waals surface area contributed by atoms with Gasteiger partial charge in [0.2, 0.25) is 0 Å². The molecule has 0 radical (unpaired) electrons. The Morgan fingerprint density at radius 1 is 1.08 bits per heavy atom. The molecule has 130 valence electrons. The van der Waals surface area contributed by atoms with Gasteiger partial charge in [0.1, 0.15) is 10.6 Å². The van der Waals surface area contributed by atoms with Crippen LogP contribution < -0.4 is 10.1 Å². The van der Waals surface area contributed by atoms with Gasteiger partial charge in [-0.15, -0.1) is 11.3 Å². The number of hydrogen-bond donors (Lipinski definition) is 1. The van der Waals surface area contributed by atoms with E-state index >= 15 is 0 Å². The number of hydrogen-bond acceptors (Lipinski definition) is 4. The van der Waals surface area contributed by atoms with E-state index in [4.69, 9.17) is 4.74 Å². The molecule has 2 aromatic heterocycles. The van der Waals surface area contributed by atoms with Crippen molar-refractivity contribution in [1.82, 2.24) is 10.3 Å². The first-order valence-corrected chi connectivity index (χ1v) is 9.16. The third kappa shape index (κ3) is 3.26. The van der Waals surface area contributed by atoms with Crippen LogP contribution >= 0.6 is 11.3 Å². The topological polar surface area (TPSA) is 51.2 Å². The van der Waals surface area contributed by atoms with E-state index < -0.39 is 0 Å². The molecule has 0 saturated carbocycles. The van der Waals surface area contributed by atoms with Crippen molar-refractivity contribution in [2.75, 3.05) is 7.11 Å². The quantitative estimate of drug-likeness (QED) is 0.573. The van der Waals surface area contributed by atoms with Crippen LogP contribution in [-0.2, 0) is 6.54 Å². The smallest absolute Gasteiger partial charge is 0.261 e. The number of carbonyl (C=O) groups excluding carboxylic acids is 1. The zero-order chi connectivity index (χ0) is 18.1. The fourth-order valence-electron chi connectivity index (χ4n) is 2.82. The molecular weight excluding hydrogens is 344 g/mol. The van der Waals surface area contributed by atoms with Crippen molar-refractivity contribution in [3.8, 4) is 5.75 Å². The number of benzene rings is 2. The number of amides is 1. The number of fused-ring (bicyclic) bond motifs is 2. The van der Waals surface area contributed by atoms with Crippen LogP contribution in [0.15, 0.2) is 54.6 Å². The number of aryl methyl sites for hydroxylation is 1. The third-order valence-corrected chi connectivity index (χ3v) is 5.35. The fourth-order valence-corrected chi connectivity index (χ4v) is 3.76. The summed E-state index contributed by atoms with van der Waals surface area (Å²) in [5, 5.41) is 4.99. The predicted octanol–water partition coefficient (Wildman–Crippen LogP) is 4.70. The van der Waals surface area contributed by atoms with Gasteiger partial charge in [0.25, 0.3) is 5.91 Å². The number of ether oxygens (including phenoxy) is 1. The Morgan fingerprint density at radius 3 is 2.65 bits per heavy atom. The maximum absolute atomic E-state index is 12.5. The van der Waals surface area contributed by atoms with Crippen molar-refractivity contribution < 1.29 is 9.53 Å². The lowest BCUT2D eigenvalue weighted by molar-refractivity contribution is 0.0955. The van der Waals surface area contributed by atoms with Crippen LogP contribution in [0, 0.1) is 6.92 Å². The van der Waals surface area contributed by atoms with Crippen LogP contribution in [0.4, 0.5) is 0 Å². The molecule has 0 unspecified atom stereocenters. The molecule has 0 aliphatic heterocycles. The van der Waals surface area contributed by atoms with E-state index in [0.717, 1.165) is 32.4 Å². The van der Waals surface area contributed by atoms with Gasteiger partial charge in [0.05, 0.1) is 17.5 Å². The summed E-state index contributed by atoms with van der Waals surface area (Å²) < 4.78 is 5.26. The van der Waals surface area contributed by atoms with Gasteiger partial charge in [0.15, 0.2) is 0 Å². The Kier molecular flexibility index (Phi) is 4.31. The highest BCUT2D eigenvalue weighted by Crippen LogP contribution is 2.29. The second kappa shape index (κ2) is 6.77. The Labute approximate surface area is 155 Å². The Morgan fingerprint density at radius 2 is 1.88 bits per heavy atom. The van der Waals surface area contributed by atoms with Gasteiger partial charge in [0, 0.05) is 23.4 Å². The lowest BCUT2D eigenvalue weighted by Crippen LogP contribution is -2.21. The van der Waals surface area contributed by atoms with E-state index in [9.17, 15) is 4.79 Å². The standard InChI is InChI=1S/C21H18N2O2S/c1-13-3-5-14(6-4-13)12-22-20(24)19-10-16-9-15-7-8-17(25-2)11-18(15)23-21(16)26-19/h3-11H,12H2,1-2H3,(H,22,24). The van der Waals surface area contributed by atoms with Crippen LogP contribution in [0.25, 0.3) is 21.1 Å². The number of carbonyl (C=O) groups is 1. The first-order valence-electron chi connectivity index (χ1n) is 8.34. The lowest BCUT2D eigenvalue weighted by atomic mass is 10.1. The first kappa shape index (κ1) is 16.5. The summed E-state index contributed by atoms with van der Waals surface area (Å²) in [6, 6.07) is 17.9. The summed E-state index contributed by atoms with van der Waals surface area (Å²) in [7, 11) is 1.64. The zero-order valence-electron chi connectivity index (χ0n) is 14.6. The largest absolute Gasteiger partial charge is 0.497 e. The molecule has 4 rings (SSSR count). The Hall–Kier alpha value is -2.92. The molecule has 0 aliphatic rings. The minimum absolute atomic E-state index is 0.0739. The third-order valence-electron chi connectivity index (χ3n) is 4.31. The van der Waals surface area contributed by atoms with E-state index in [1.807, 2.05) is 55.5 Å². The van der Waals surface area contributed by atoms with Crippen molar-refractivity contribution in [2.45, 2.75) is 13.5 Å². The predicted molar refractivity (Wildman–Crippen MR) is 106 cm³/mol. The zero-order valence-corrected chi connectivity index (χ0v) is 15.4. The van der Waals surface area contributed by atoms with Crippen molar-refractivity contribution in [1.29, 1.82) is 0 Å². The van der Waals surface area contributed by atoms with Gasteiger partial charge in [-0.2, -0.15) is 0 Å². The van der Waals surface area contributed by atoms with Crippen LogP contribution in [0.5, 0.6) is 5.75 Å². The average Bonchev–Trinajstić information content (AvgIpc) is 3.08. The van der Waals surface area contributed by atoms with Crippen LogP contribution in [-0.4, -0.2) is 18.0 Å². The summed E-state index contributed by atoms with van der Waals surface area (Å²) in [4.78, 5) is 18.7. The van der Waals surface area contributed by atoms with Crippen LogP contribution in [0.1, 0.15) is 20.8 Å². The van der Waals surface area contributed by atoms with Crippen molar-refractivity contribution in [3.05, 3.63) is 70.6 Å². The second-order valence-corrected chi connectivity index (χ2v) is 7.25. The van der Waals surface area contributed by atoms with E-state index in [1.165, 1.54) is 16.9 Å². The van der Waals surface area contributed by atoms with E-state index in [1.54, 1.807) is 7.11 Å². The highest BCUT2D eigenvalue weighted by atomic mass is 32.1. The summed E-state index contributed by atoms with van der Waals surface area (Å²) in [6.45, 7) is 2.56. The van der Waals surface area contributed by atoms with Crippen molar-refractivity contribution >= 4 is 38.4 Å². The monoisotopic (exact) mass is 362 g/mol. The molecule has 5 heteroatoms. The number of rotatable bonds is 4. The van der Waals surface area contributed by atoms with Gasteiger partial charge in [-0.05, 0) is 36.8 Å².